The van der Waals surface area contributed by atoms with Crippen LogP contribution in [0, 0.1) is 0 Å². The molecule has 2 aromatic rings. The molecule has 0 spiro atoms. The highest BCUT2D eigenvalue weighted by Crippen LogP contribution is 2.57. The first-order valence-corrected chi connectivity index (χ1v) is 30.5. The number of phenols is 1. The van der Waals surface area contributed by atoms with E-state index in [4.69, 9.17) is 9.16 Å². The van der Waals surface area contributed by atoms with E-state index < -0.39 is 32.5 Å². The maximum Gasteiger partial charge on any atom is 0.196 e. The number of rotatable bonds is 15. The molecule has 7 heteroatoms. The second kappa shape index (κ2) is 14.3. The molecule has 1 N–H and O–H groups in total. The van der Waals surface area contributed by atoms with Crippen LogP contribution >= 0.6 is 0 Å². The average molecular weight is 673 g/mol. The number of aromatic hydroxyl groups is 1. The Morgan fingerprint density at radius 1 is 0.705 bits per heavy atom. The van der Waals surface area contributed by atoms with Crippen molar-refractivity contribution in [3.05, 3.63) is 59.7 Å². The van der Waals surface area contributed by atoms with Gasteiger partial charge >= 0.3 is 0 Å². The van der Waals surface area contributed by atoms with Crippen molar-refractivity contribution in [1.29, 1.82) is 0 Å². The summed E-state index contributed by atoms with van der Waals surface area (Å²) >= 11 is 0. The van der Waals surface area contributed by atoms with Gasteiger partial charge in [-0.25, -0.2) is 0 Å². The molecule has 0 bridgehead atoms. The van der Waals surface area contributed by atoms with Crippen LogP contribution in [0.2, 0.25) is 81.3 Å². The van der Waals surface area contributed by atoms with Gasteiger partial charge in [-0.15, -0.1) is 0 Å². The molecule has 0 aliphatic carbocycles. The third-order valence-corrected chi connectivity index (χ3v) is 37.4. The molecule has 0 amide bonds. The zero-order valence-corrected chi connectivity index (χ0v) is 35.4. The smallest absolute Gasteiger partial charge is 0.196 e. The van der Waals surface area contributed by atoms with Gasteiger partial charge in [0.05, 0.1) is 0 Å². The lowest BCUT2D eigenvalue weighted by Crippen LogP contribution is -2.65. The molecular formula is C37H68O3Si4. The van der Waals surface area contributed by atoms with Gasteiger partial charge < -0.3 is 14.3 Å². The molecule has 2 aromatic carbocycles. The van der Waals surface area contributed by atoms with Crippen LogP contribution in [0.5, 0.6) is 11.5 Å². The lowest BCUT2D eigenvalue weighted by atomic mass is 9.84. The maximum absolute atomic E-state index is 9.73. The molecule has 250 valence electrons. The van der Waals surface area contributed by atoms with Crippen molar-refractivity contribution >= 4 is 32.5 Å². The largest absolute Gasteiger partial charge is 0.508 e. The van der Waals surface area contributed by atoms with Gasteiger partial charge in [0.1, 0.15) is 11.5 Å². The fraction of sp³-hybridized carbons (Fsp3) is 0.676. The summed E-state index contributed by atoms with van der Waals surface area (Å²) in [5.74, 6) is 2.13. The normalized spacial score (nSPS) is 16.0. The quantitative estimate of drug-likeness (QED) is 0.151. The summed E-state index contributed by atoms with van der Waals surface area (Å²) in [6.45, 7) is 39.9. The number of phenolic OH excluding ortho intramolecular Hbond substituents is 1. The number of hydrogen-bond acceptors (Lipinski definition) is 3. The highest BCUT2D eigenvalue weighted by atomic mass is 28.5. The van der Waals surface area contributed by atoms with E-state index in [1.54, 1.807) is 12.1 Å². The minimum absolute atomic E-state index is 0.120. The summed E-state index contributed by atoms with van der Waals surface area (Å²) in [6, 6.07) is 16.6. The van der Waals surface area contributed by atoms with Gasteiger partial charge in [0, 0.05) is 30.6 Å². The summed E-state index contributed by atoms with van der Waals surface area (Å²) in [5, 5.41) is 9.85. The van der Waals surface area contributed by atoms with Gasteiger partial charge in [0.25, 0.3) is 0 Å². The van der Waals surface area contributed by atoms with Crippen molar-refractivity contribution in [2.75, 3.05) is 0 Å². The van der Waals surface area contributed by atoms with E-state index in [9.17, 15) is 5.11 Å². The van der Waals surface area contributed by atoms with Crippen LogP contribution < -0.4 is 4.74 Å². The minimum atomic E-state index is -2.05. The minimum Gasteiger partial charge on any atom is -0.508 e. The van der Waals surface area contributed by atoms with Crippen molar-refractivity contribution in [2.45, 2.75) is 160 Å². The molecule has 0 aliphatic rings. The lowest BCUT2D eigenvalue weighted by Gasteiger charge is -2.59. The Hall–Kier alpha value is -1.13. The second-order valence-electron chi connectivity index (χ2n) is 18.0. The Morgan fingerprint density at radius 2 is 1.16 bits per heavy atom. The molecule has 0 aromatic heterocycles. The predicted octanol–water partition coefficient (Wildman–Crippen LogP) is 12.4. The van der Waals surface area contributed by atoms with Gasteiger partial charge in [-0.2, -0.15) is 0 Å². The molecule has 0 aliphatic heterocycles. The Kier molecular flexibility index (Phi) is 12.7. The van der Waals surface area contributed by atoms with Crippen LogP contribution in [0.4, 0.5) is 0 Å². The fourth-order valence-corrected chi connectivity index (χ4v) is 39.2. The monoisotopic (exact) mass is 672 g/mol. The molecule has 2 rings (SSSR count). The summed E-state index contributed by atoms with van der Waals surface area (Å²) in [4.78, 5) is 0. The summed E-state index contributed by atoms with van der Waals surface area (Å²) < 4.78 is 14.4. The van der Waals surface area contributed by atoms with Crippen LogP contribution in [0.25, 0.3) is 0 Å². The molecule has 44 heavy (non-hydrogen) atoms. The number of hydrogen-bond donors (Lipinski definition) is 1. The Bertz CT molecular complexity index is 1130. The van der Waals surface area contributed by atoms with Gasteiger partial charge in [-0.1, -0.05) is 118 Å². The molecule has 0 saturated heterocycles. The Labute approximate surface area is 276 Å². The summed E-state index contributed by atoms with van der Waals surface area (Å²) in [6.07, 6.45) is 4.08. The molecule has 0 heterocycles. The third kappa shape index (κ3) is 9.23. The van der Waals surface area contributed by atoms with Crippen molar-refractivity contribution < 1.29 is 14.3 Å². The average Bonchev–Trinajstić information content (AvgIpc) is 2.85. The lowest BCUT2D eigenvalue weighted by molar-refractivity contribution is -0.0134. The van der Waals surface area contributed by atoms with Crippen LogP contribution in [0.3, 0.4) is 0 Å². The molecule has 0 fully saturated rings. The van der Waals surface area contributed by atoms with Crippen LogP contribution in [-0.2, 0) is 4.43 Å². The summed E-state index contributed by atoms with van der Waals surface area (Å²) in [7, 11) is -6.59. The molecule has 3 unspecified atom stereocenters. The van der Waals surface area contributed by atoms with E-state index in [1.165, 1.54) is 17.5 Å². The van der Waals surface area contributed by atoms with E-state index in [1.807, 2.05) is 0 Å². The second-order valence-corrected chi connectivity index (χ2v) is 40.3. The maximum atomic E-state index is 9.73. The van der Waals surface area contributed by atoms with Crippen LogP contribution in [0.15, 0.2) is 48.5 Å². The van der Waals surface area contributed by atoms with Crippen molar-refractivity contribution in [2.24, 2.45) is 0 Å². The summed E-state index contributed by atoms with van der Waals surface area (Å²) in [5.41, 5.74) is 2.64. The fourth-order valence-electron chi connectivity index (χ4n) is 8.36. The zero-order valence-electron chi connectivity index (χ0n) is 31.4. The van der Waals surface area contributed by atoms with Crippen molar-refractivity contribution in [3.8, 4) is 11.5 Å². The van der Waals surface area contributed by atoms with Gasteiger partial charge in [0.15, 0.2) is 14.6 Å². The molecule has 3 nitrogen and oxygen atoms in total. The van der Waals surface area contributed by atoms with Gasteiger partial charge in [0.2, 0.25) is 0 Å². The van der Waals surface area contributed by atoms with Crippen molar-refractivity contribution in [3.63, 3.8) is 0 Å². The molecule has 0 saturated carbocycles. The predicted molar refractivity (Wildman–Crippen MR) is 205 cm³/mol. The highest BCUT2D eigenvalue weighted by Gasteiger charge is 2.59. The number of benzene rings is 2. The standard InChI is InChI=1S/C37H68O3Si4/c1-17-30(32-18-22-33(38)23-19-32)28-29(2)31-20-24-34(25-21-31)39-35(40-44(15,16)36(3,4)5)26-27-37(41(6,7)8,42(9,10)11)43(12,13)14/h18-25,29-30,35,38H,17,26-28H2,1-16H3. The zero-order chi connectivity index (χ0) is 33.9. The highest BCUT2D eigenvalue weighted by molar-refractivity contribution is 7.15. The van der Waals surface area contributed by atoms with Crippen molar-refractivity contribution in [1.82, 2.24) is 0 Å². The van der Waals surface area contributed by atoms with E-state index in [0.29, 0.717) is 21.9 Å². The van der Waals surface area contributed by atoms with Gasteiger partial charge in [-0.05, 0) is 88.9 Å². The van der Waals surface area contributed by atoms with E-state index >= 15 is 0 Å². The molecule has 0 radical (unpaired) electrons. The van der Waals surface area contributed by atoms with Gasteiger partial charge in [-0.3, -0.25) is 0 Å². The Balaban J connectivity index is 2.35. The topological polar surface area (TPSA) is 38.7 Å². The van der Waals surface area contributed by atoms with E-state index in [2.05, 4.69) is 143 Å². The van der Waals surface area contributed by atoms with Crippen LogP contribution in [-0.4, -0.2) is 43.9 Å². The SMILES string of the molecule is CCC(CC(C)c1ccc(OC(CCC([Si](C)(C)C)([Si](C)(C)C)[Si](C)(C)C)O[Si](C)(C)C(C)(C)C)cc1)c1ccc(O)cc1. The molecule has 3 atom stereocenters. The van der Waals surface area contributed by atoms with E-state index in [0.717, 1.165) is 25.0 Å². The first-order valence-electron chi connectivity index (χ1n) is 17.1. The Morgan fingerprint density at radius 3 is 1.57 bits per heavy atom. The first-order chi connectivity index (χ1) is 19.9. The number of ether oxygens (including phenoxy) is 1. The van der Waals surface area contributed by atoms with Crippen LogP contribution in [0.1, 0.15) is 83.3 Å². The van der Waals surface area contributed by atoms with E-state index in [-0.39, 0.29) is 11.3 Å². The first kappa shape index (κ1) is 39.0. The molecular weight excluding hydrogens is 605 g/mol. The third-order valence-electron chi connectivity index (χ3n) is 11.0.